The van der Waals surface area contributed by atoms with Crippen LogP contribution in [0.1, 0.15) is 22.9 Å². The standard InChI is InChI=1S/C52H33N5O/c1-4-15-32(16-5-1)47-40-29-28-38-37-23-14-24-41(48(37)58-49(38)46(40)39-22-10-12-25-43(39)53-47)52-55-50(33-17-6-2-7-18-33)54-51(56-52)34-27-30-45-42(31-34)36-21-11-13-26-44(36)57(45)35-19-8-3-9-20-35/h1-31,50H,(H,54,55,56). The Morgan fingerprint density at radius 2 is 1.17 bits per heavy atom. The fourth-order valence-electron chi connectivity index (χ4n) is 8.78. The van der Waals surface area contributed by atoms with E-state index in [1.165, 1.54) is 5.39 Å². The van der Waals surface area contributed by atoms with Gasteiger partial charge in [-0.05, 0) is 60.2 Å². The van der Waals surface area contributed by atoms with Crippen molar-refractivity contribution in [2.75, 3.05) is 0 Å². The van der Waals surface area contributed by atoms with Crippen molar-refractivity contribution < 1.29 is 4.42 Å². The van der Waals surface area contributed by atoms with Gasteiger partial charge in [0.05, 0.1) is 27.8 Å². The number of nitrogens with zero attached hydrogens (tertiary/aromatic N) is 4. The minimum atomic E-state index is -0.367. The first-order chi connectivity index (χ1) is 28.8. The zero-order valence-electron chi connectivity index (χ0n) is 31.2. The first kappa shape index (κ1) is 32.4. The molecular weight excluding hydrogens is 711 g/mol. The van der Waals surface area contributed by atoms with Crippen LogP contribution in [0.15, 0.2) is 202 Å². The average Bonchev–Trinajstić information content (AvgIpc) is 3.85. The van der Waals surface area contributed by atoms with Gasteiger partial charge >= 0.3 is 0 Å². The van der Waals surface area contributed by atoms with Crippen LogP contribution in [0.5, 0.6) is 0 Å². The van der Waals surface area contributed by atoms with Crippen molar-refractivity contribution in [3.05, 3.63) is 205 Å². The molecule has 0 radical (unpaired) electrons. The van der Waals surface area contributed by atoms with Gasteiger partial charge < -0.3 is 14.3 Å². The molecule has 11 aromatic rings. The highest BCUT2D eigenvalue weighted by Crippen LogP contribution is 2.42. The highest BCUT2D eigenvalue weighted by Gasteiger charge is 2.25. The number of fused-ring (bicyclic) bond motifs is 10. The van der Waals surface area contributed by atoms with Crippen molar-refractivity contribution in [3.8, 4) is 16.9 Å². The molecular formula is C52H33N5O. The Labute approximate surface area is 333 Å². The molecule has 0 bridgehead atoms. The molecule has 1 aliphatic heterocycles. The molecule has 272 valence electrons. The van der Waals surface area contributed by atoms with E-state index in [4.69, 9.17) is 19.4 Å². The second-order valence-corrected chi connectivity index (χ2v) is 14.8. The second-order valence-electron chi connectivity index (χ2n) is 14.8. The third-order valence-electron chi connectivity index (χ3n) is 11.4. The monoisotopic (exact) mass is 743 g/mol. The molecule has 4 heterocycles. The molecule has 1 aliphatic rings. The normalized spacial score (nSPS) is 14.4. The first-order valence-corrected chi connectivity index (χ1v) is 19.6. The van der Waals surface area contributed by atoms with Crippen LogP contribution in [0.3, 0.4) is 0 Å². The van der Waals surface area contributed by atoms with Gasteiger partial charge in [0.2, 0.25) is 0 Å². The van der Waals surface area contributed by atoms with Crippen molar-refractivity contribution in [2.45, 2.75) is 6.17 Å². The van der Waals surface area contributed by atoms with Crippen LogP contribution >= 0.6 is 0 Å². The maximum absolute atomic E-state index is 7.08. The van der Waals surface area contributed by atoms with Crippen molar-refractivity contribution in [1.82, 2.24) is 14.9 Å². The van der Waals surface area contributed by atoms with Crippen LogP contribution in [0.4, 0.5) is 0 Å². The molecule has 0 fully saturated rings. The van der Waals surface area contributed by atoms with E-state index in [2.05, 4.69) is 180 Å². The Morgan fingerprint density at radius 3 is 2.02 bits per heavy atom. The Balaban J connectivity index is 1.07. The molecule has 0 saturated heterocycles. The molecule has 6 heteroatoms. The summed E-state index contributed by atoms with van der Waals surface area (Å²) < 4.78 is 9.41. The molecule has 0 saturated carbocycles. The summed E-state index contributed by atoms with van der Waals surface area (Å²) in [4.78, 5) is 15.8. The van der Waals surface area contributed by atoms with E-state index in [1.54, 1.807) is 0 Å². The zero-order valence-corrected chi connectivity index (χ0v) is 31.2. The minimum Gasteiger partial charge on any atom is -0.455 e. The van der Waals surface area contributed by atoms with Gasteiger partial charge in [-0.25, -0.2) is 15.0 Å². The molecule has 0 spiro atoms. The Morgan fingerprint density at radius 1 is 0.500 bits per heavy atom. The summed E-state index contributed by atoms with van der Waals surface area (Å²) in [5.74, 6) is 1.36. The third kappa shape index (κ3) is 5.02. The maximum Gasteiger partial charge on any atom is 0.163 e. The summed E-state index contributed by atoms with van der Waals surface area (Å²) in [7, 11) is 0. The van der Waals surface area contributed by atoms with E-state index in [1.807, 2.05) is 18.2 Å². The second kappa shape index (κ2) is 12.9. The molecule has 58 heavy (non-hydrogen) atoms. The molecule has 6 nitrogen and oxygen atoms in total. The number of hydrogen-bond acceptors (Lipinski definition) is 5. The summed E-state index contributed by atoms with van der Waals surface area (Å²) in [5, 5.41) is 11.2. The van der Waals surface area contributed by atoms with Gasteiger partial charge in [-0.1, -0.05) is 133 Å². The van der Waals surface area contributed by atoms with Crippen LogP contribution < -0.4 is 5.32 Å². The average molecular weight is 744 g/mol. The fourth-order valence-corrected chi connectivity index (χ4v) is 8.78. The van der Waals surface area contributed by atoms with Gasteiger partial charge in [-0.15, -0.1) is 0 Å². The molecule has 8 aromatic carbocycles. The lowest BCUT2D eigenvalue weighted by atomic mass is 9.97. The molecule has 1 N–H and O–H groups in total. The Hall–Kier alpha value is -7.83. The number of amidine groups is 2. The number of nitrogens with one attached hydrogen (secondary N) is 1. The Bertz CT molecular complexity index is 3470. The molecule has 1 unspecified atom stereocenters. The van der Waals surface area contributed by atoms with E-state index >= 15 is 0 Å². The van der Waals surface area contributed by atoms with Gasteiger partial charge in [0, 0.05) is 54.5 Å². The zero-order chi connectivity index (χ0) is 38.2. The van der Waals surface area contributed by atoms with Crippen molar-refractivity contribution in [3.63, 3.8) is 0 Å². The third-order valence-corrected chi connectivity index (χ3v) is 11.4. The summed E-state index contributed by atoms with van der Waals surface area (Å²) in [6, 6.07) is 65.5. The number of pyridine rings is 1. The topological polar surface area (TPSA) is 67.7 Å². The predicted molar refractivity (Wildman–Crippen MR) is 238 cm³/mol. The van der Waals surface area contributed by atoms with Crippen molar-refractivity contribution in [1.29, 1.82) is 0 Å². The molecule has 3 aromatic heterocycles. The lowest BCUT2D eigenvalue weighted by Crippen LogP contribution is -2.33. The predicted octanol–water partition coefficient (Wildman–Crippen LogP) is 12.5. The van der Waals surface area contributed by atoms with Gasteiger partial charge in [-0.2, -0.15) is 0 Å². The van der Waals surface area contributed by atoms with Crippen molar-refractivity contribution in [2.24, 2.45) is 9.98 Å². The first-order valence-electron chi connectivity index (χ1n) is 19.6. The van der Waals surface area contributed by atoms with Gasteiger partial charge in [0.1, 0.15) is 23.2 Å². The number of para-hydroxylation sites is 4. The summed E-state index contributed by atoms with van der Waals surface area (Å²) in [6.07, 6.45) is -0.367. The van der Waals surface area contributed by atoms with E-state index in [-0.39, 0.29) is 6.17 Å². The van der Waals surface area contributed by atoms with E-state index < -0.39 is 0 Å². The lowest BCUT2D eigenvalue weighted by molar-refractivity contribution is 0.665. The maximum atomic E-state index is 7.08. The summed E-state index contributed by atoms with van der Waals surface area (Å²) in [5.41, 5.74) is 10.8. The number of aliphatic imine (C=N–C) groups is 2. The summed E-state index contributed by atoms with van der Waals surface area (Å²) in [6.45, 7) is 0. The van der Waals surface area contributed by atoms with Crippen LogP contribution in [0, 0.1) is 0 Å². The molecule has 12 rings (SSSR count). The largest absolute Gasteiger partial charge is 0.455 e. The van der Waals surface area contributed by atoms with Crippen LogP contribution in [-0.4, -0.2) is 21.2 Å². The highest BCUT2D eigenvalue weighted by molar-refractivity contribution is 6.27. The van der Waals surface area contributed by atoms with Gasteiger partial charge in [-0.3, -0.25) is 0 Å². The molecule has 1 atom stereocenters. The molecule has 0 aliphatic carbocycles. The van der Waals surface area contributed by atoms with Crippen LogP contribution in [0.2, 0.25) is 0 Å². The van der Waals surface area contributed by atoms with Crippen LogP contribution in [0.25, 0.3) is 82.4 Å². The van der Waals surface area contributed by atoms with Gasteiger partial charge in [0.25, 0.3) is 0 Å². The van der Waals surface area contributed by atoms with Gasteiger partial charge in [0.15, 0.2) is 5.84 Å². The Kier molecular flexibility index (Phi) is 7.19. The van der Waals surface area contributed by atoms with Crippen molar-refractivity contribution >= 4 is 77.1 Å². The number of aromatic nitrogens is 2. The summed E-state index contributed by atoms with van der Waals surface area (Å²) >= 11 is 0. The highest BCUT2D eigenvalue weighted by atomic mass is 16.3. The van der Waals surface area contributed by atoms with E-state index in [0.717, 1.165) is 99.5 Å². The number of rotatable bonds is 5. The van der Waals surface area contributed by atoms with E-state index in [0.29, 0.717) is 5.84 Å². The number of hydrogen-bond donors (Lipinski definition) is 1. The van der Waals surface area contributed by atoms with Crippen LogP contribution in [-0.2, 0) is 0 Å². The van der Waals surface area contributed by atoms with E-state index in [9.17, 15) is 0 Å². The minimum absolute atomic E-state index is 0.367. The SMILES string of the molecule is c1ccc(-c2nc3ccccc3c3c2ccc2c4cccc(C5=NC(c6ccccc6)NC(c6ccc7c(c6)c6ccccc6n7-c6ccccc6)=N5)c4oc23)cc1. The quantitative estimate of drug-likeness (QED) is 0.179. The lowest BCUT2D eigenvalue weighted by Gasteiger charge is -2.23. The smallest absolute Gasteiger partial charge is 0.163 e. The number of benzene rings is 8. The molecule has 0 amide bonds. The fraction of sp³-hybridized carbons (Fsp3) is 0.0192. The number of furan rings is 1.